The van der Waals surface area contributed by atoms with E-state index in [1.54, 1.807) is 53.6 Å². The lowest BCUT2D eigenvalue weighted by Gasteiger charge is -2.34. The Labute approximate surface area is 245 Å². The zero-order valence-corrected chi connectivity index (χ0v) is 23.1. The highest BCUT2D eigenvalue weighted by Crippen LogP contribution is 2.32. The molecule has 2 amide bonds. The van der Waals surface area contributed by atoms with Crippen molar-refractivity contribution < 1.29 is 29.0 Å². The molecule has 2 N–H and O–H groups in total. The minimum atomic E-state index is -1.04. The number of nitrogens with one attached hydrogen (secondary N) is 1. The maximum absolute atomic E-state index is 13.5. The minimum absolute atomic E-state index is 0.114. The van der Waals surface area contributed by atoms with E-state index in [9.17, 15) is 24.3 Å². The molecule has 43 heavy (non-hydrogen) atoms. The lowest BCUT2D eigenvalue weighted by atomic mass is 10.1. The second-order valence-corrected chi connectivity index (χ2v) is 9.91. The molecule has 0 unspecified atom stereocenters. The number of carboxylic acid groups (broad SMARTS) is 1. The Morgan fingerprint density at radius 2 is 1.63 bits per heavy atom. The molecule has 12 nitrogen and oxygen atoms in total. The maximum Gasteiger partial charge on any atom is 0.335 e. The van der Waals surface area contributed by atoms with Crippen molar-refractivity contribution in [3.8, 4) is 22.8 Å². The molecule has 0 atom stereocenters. The number of amides is 2. The number of ether oxygens (including phenoxy) is 1. The molecule has 1 fully saturated rings. The number of Topliss-reactive ketones (excluding diaryl/α,β-unsaturated/α-hetero) is 1. The number of ketones is 1. The molecule has 0 saturated carbocycles. The van der Waals surface area contributed by atoms with E-state index in [4.69, 9.17) is 4.74 Å². The van der Waals surface area contributed by atoms with E-state index >= 15 is 0 Å². The number of piperazine rings is 1. The zero-order chi connectivity index (χ0) is 30.1. The molecule has 1 saturated heterocycles. The van der Waals surface area contributed by atoms with Gasteiger partial charge in [0, 0.05) is 49.7 Å². The first-order valence-corrected chi connectivity index (χ1v) is 13.5. The fourth-order valence-corrected chi connectivity index (χ4v) is 5.15. The number of hydrogen-bond donors (Lipinski definition) is 2. The van der Waals surface area contributed by atoms with E-state index in [0.29, 0.717) is 52.4 Å². The van der Waals surface area contributed by atoms with Gasteiger partial charge in [0.25, 0.3) is 17.6 Å². The van der Waals surface area contributed by atoms with Gasteiger partial charge in [0.1, 0.15) is 5.75 Å². The van der Waals surface area contributed by atoms with Gasteiger partial charge in [0.05, 0.1) is 41.0 Å². The molecule has 12 heteroatoms. The van der Waals surface area contributed by atoms with Crippen molar-refractivity contribution in [2.75, 3.05) is 33.3 Å². The number of fused-ring (bicyclic) bond motifs is 1. The van der Waals surface area contributed by atoms with Crippen molar-refractivity contribution in [1.82, 2.24) is 29.5 Å². The summed E-state index contributed by atoms with van der Waals surface area (Å²) < 4.78 is 7.00. The Morgan fingerprint density at radius 3 is 2.35 bits per heavy atom. The van der Waals surface area contributed by atoms with Gasteiger partial charge in [0.15, 0.2) is 5.82 Å². The fraction of sp³-hybridized carbons (Fsp3) is 0.161. The van der Waals surface area contributed by atoms with E-state index in [2.05, 4.69) is 15.1 Å². The van der Waals surface area contributed by atoms with Crippen LogP contribution < -0.4 is 4.74 Å². The molecule has 0 bridgehead atoms. The van der Waals surface area contributed by atoms with Crippen molar-refractivity contribution in [3.05, 3.63) is 95.9 Å². The second kappa shape index (κ2) is 11.2. The van der Waals surface area contributed by atoms with E-state index in [0.717, 1.165) is 0 Å². The molecule has 1 aliphatic rings. The van der Waals surface area contributed by atoms with Crippen molar-refractivity contribution in [2.24, 2.45) is 0 Å². The van der Waals surface area contributed by atoms with Gasteiger partial charge in [-0.25, -0.2) is 14.5 Å². The number of benzene rings is 2. The zero-order valence-electron chi connectivity index (χ0n) is 23.1. The average molecular weight is 579 g/mol. The lowest BCUT2D eigenvalue weighted by molar-refractivity contribution is -0.127. The van der Waals surface area contributed by atoms with Gasteiger partial charge < -0.3 is 24.6 Å². The standard InChI is InChI=1S/C31H26N6O6/c1-43-24-18-33-28(37-11-10-23(34-37)20-8-5-9-21(16-20)31(41)42)26-25(24)22(17-32-26)27(38)30(40)36-14-12-35(13-15-36)29(39)19-6-3-2-4-7-19/h2-11,16-18,32H,12-15H2,1H3,(H,41,42). The number of aromatic nitrogens is 4. The Hall–Kier alpha value is -5.78. The first kappa shape index (κ1) is 27.4. The Morgan fingerprint density at radius 1 is 0.907 bits per heavy atom. The Kier molecular flexibility index (Phi) is 7.16. The van der Waals surface area contributed by atoms with Gasteiger partial charge >= 0.3 is 5.97 Å². The SMILES string of the molecule is COc1cnc(-n2ccc(-c3cccc(C(=O)O)c3)n2)c2[nH]cc(C(=O)C(=O)N3CCN(C(=O)c4ccccc4)CC3)c12. The van der Waals surface area contributed by atoms with Crippen LogP contribution in [0, 0.1) is 0 Å². The number of pyridine rings is 1. The third-order valence-corrected chi connectivity index (χ3v) is 7.40. The molecule has 4 heterocycles. The highest BCUT2D eigenvalue weighted by molar-refractivity contribution is 6.45. The van der Waals surface area contributed by atoms with Gasteiger partial charge in [0.2, 0.25) is 0 Å². The summed E-state index contributed by atoms with van der Waals surface area (Å²) in [5.41, 5.74) is 2.41. The third-order valence-electron chi connectivity index (χ3n) is 7.40. The summed E-state index contributed by atoms with van der Waals surface area (Å²) in [4.78, 5) is 61.7. The minimum Gasteiger partial charge on any atom is -0.494 e. The number of aromatic carboxylic acids is 1. The molecule has 216 valence electrons. The number of carbonyl (C=O) groups excluding carboxylic acids is 3. The highest BCUT2D eigenvalue weighted by Gasteiger charge is 2.31. The molecular weight excluding hydrogens is 552 g/mol. The lowest BCUT2D eigenvalue weighted by Crippen LogP contribution is -2.52. The first-order valence-electron chi connectivity index (χ1n) is 13.5. The van der Waals surface area contributed by atoms with Crippen molar-refractivity contribution in [3.63, 3.8) is 0 Å². The van der Waals surface area contributed by atoms with Gasteiger partial charge in [-0.15, -0.1) is 0 Å². The number of nitrogens with zero attached hydrogens (tertiary/aromatic N) is 5. The Balaban J connectivity index is 1.24. The summed E-state index contributed by atoms with van der Waals surface area (Å²) in [5.74, 6) is -1.88. The van der Waals surface area contributed by atoms with E-state index in [-0.39, 0.29) is 30.1 Å². The first-order chi connectivity index (χ1) is 20.9. The van der Waals surface area contributed by atoms with Gasteiger partial charge in [-0.2, -0.15) is 5.10 Å². The van der Waals surface area contributed by atoms with Crippen LogP contribution in [-0.2, 0) is 4.79 Å². The summed E-state index contributed by atoms with van der Waals surface area (Å²) in [6.07, 6.45) is 4.57. The summed E-state index contributed by atoms with van der Waals surface area (Å²) in [6, 6.07) is 17.1. The van der Waals surface area contributed by atoms with E-state index in [1.165, 1.54) is 41.2 Å². The molecule has 0 aliphatic carbocycles. The van der Waals surface area contributed by atoms with Crippen molar-refractivity contribution in [1.29, 1.82) is 0 Å². The molecule has 1 aliphatic heterocycles. The summed E-state index contributed by atoms with van der Waals surface area (Å²) in [6.45, 7) is 1.09. The molecule has 2 aromatic carbocycles. The molecule has 0 radical (unpaired) electrons. The van der Waals surface area contributed by atoms with Crippen molar-refractivity contribution >= 4 is 34.5 Å². The number of carboxylic acids is 1. The smallest absolute Gasteiger partial charge is 0.335 e. The molecule has 0 spiro atoms. The summed E-state index contributed by atoms with van der Waals surface area (Å²) >= 11 is 0. The quantitative estimate of drug-likeness (QED) is 0.221. The van der Waals surface area contributed by atoms with Crippen LogP contribution in [0.25, 0.3) is 28.0 Å². The number of methoxy groups -OCH3 is 1. The molecule has 5 aromatic rings. The number of aromatic amines is 1. The second-order valence-electron chi connectivity index (χ2n) is 9.91. The van der Waals surface area contributed by atoms with Crippen LogP contribution in [0.3, 0.4) is 0 Å². The van der Waals surface area contributed by atoms with Crippen LogP contribution in [0.1, 0.15) is 31.1 Å². The third kappa shape index (κ3) is 5.10. The predicted molar refractivity (Wildman–Crippen MR) is 155 cm³/mol. The fourth-order valence-electron chi connectivity index (χ4n) is 5.15. The van der Waals surface area contributed by atoms with Gasteiger partial charge in [-0.05, 0) is 30.3 Å². The van der Waals surface area contributed by atoms with E-state index < -0.39 is 17.7 Å². The Bertz CT molecular complexity index is 1870. The number of rotatable bonds is 7. The molecule has 6 rings (SSSR count). The van der Waals surface area contributed by atoms with Crippen LogP contribution in [0.4, 0.5) is 0 Å². The van der Waals surface area contributed by atoms with Gasteiger partial charge in [-0.1, -0.05) is 30.3 Å². The van der Waals surface area contributed by atoms with Crippen LogP contribution in [0.5, 0.6) is 5.75 Å². The molecular formula is C31H26N6O6. The largest absolute Gasteiger partial charge is 0.494 e. The topological polar surface area (TPSA) is 151 Å². The summed E-state index contributed by atoms with van der Waals surface area (Å²) in [7, 11) is 1.45. The number of H-pyrrole nitrogens is 1. The highest BCUT2D eigenvalue weighted by atomic mass is 16.5. The average Bonchev–Trinajstić information content (AvgIpc) is 3.73. The van der Waals surface area contributed by atoms with Crippen molar-refractivity contribution in [2.45, 2.75) is 0 Å². The van der Waals surface area contributed by atoms with E-state index in [1.807, 2.05) is 6.07 Å². The van der Waals surface area contributed by atoms with Crippen LogP contribution in [-0.4, -0.2) is 91.5 Å². The predicted octanol–water partition coefficient (Wildman–Crippen LogP) is 3.29. The maximum atomic E-state index is 13.5. The molecule has 3 aromatic heterocycles. The number of hydrogen-bond acceptors (Lipinski definition) is 7. The van der Waals surface area contributed by atoms with Crippen LogP contribution in [0.2, 0.25) is 0 Å². The van der Waals surface area contributed by atoms with Crippen LogP contribution >= 0.6 is 0 Å². The van der Waals surface area contributed by atoms with Gasteiger partial charge in [-0.3, -0.25) is 14.4 Å². The summed E-state index contributed by atoms with van der Waals surface area (Å²) in [5, 5.41) is 14.3. The monoisotopic (exact) mass is 578 g/mol. The normalized spacial score (nSPS) is 13.2. The number of carbonyl (C=O) groups is 4. The van der Waals surface area contributed by atoms with Crippen LogP contribution in [0.15, 0.2) is 79.3 Å².